The number of sulfonamides is 2. The second kappa shape index (κ2) is 8.82. The Hall–Kier alpha value is -1.48. The van der Waals surface area contributed by atoms with Gasteiger partial charge in [-0.05, 0) is 75.5 Å². The maximum absolute atomic E-state index is 14.5. The number of carbonyl (C=O) groups is 2. The third-order valence-electron chi connectivity index (χ3n) is 7.70. The van der Waals surface area contributed by atoms with Crippen LogP contribution in [0.4, 0.5) is 17.6 Å². The second-order valence-corrected chi connectivity index (χ2v) is 14.2. The van der Waals surface area contributed by atoms with Gasteiger partial charge in [-0.25, -0.2) is 21.6 Å². The number of likely N-dealkylation sites (tertiary alicyclic amines) is 1. The van der Waals surface area contributed by atoms with Crippen LogP contribution < -0.4 is 4.13 Å². The van der Waals surface area contributed by atoms with Crippen LogP contribution in [0.1, 0.15) is 57.8 Å². The molecule has 1 aliphatic heterocycles. The zero-order valence-corrected chi connectivity index (χ0v) is 20.5. The molecule has 1 heterocycles. The summed E-state index contributed by atoms with van der Waals surface area (Å²) in [4.78, 5) is 24.6. The normalized spacial score (nSPS) is 31.4. The molecular weight excluding hydrogens is 520 g/mol. The summed E-state index contributed by atoms with van der Waals surface area (Å²) < 4.78 is 111. The molecule has 4 aliphatic carbocycles. The Morgan fingerprint density at radius 2 is 1.29 bits per heavy atom. The van der Waals surface area contributed by atoms with E-state index < -0.39 is 54.5 Å². The highest BCUT2D eigenvalue weighted by Gasteiger charge is 2.63. The van der Waals surface area contributed by atoms with Gasteiger partial charge in [0.2, 0.25) is 0 Å². The summed E-state index contributed by atoms with van der Waals surface area (Å²) in [5, 5.41) is -10.8. The molecule has 0 radical (unpaired) electrons. The lowest BCUT2D eigenvalue weighted by Gasteiger charge is -2.56. The summed E-state index contributed by atoms with van der Waals surface area (Å²) >= 11 is 0. The fourth-order valence-corrected chi connectivity index (χ4v) is 9.15. The van der Waals surface area contributed by atoms with Gasteiger partial charge in [0, 0.05) is 18.5 Å². The lowest BCUT2D eigenvalue weighted by atomic mass is 9.50. The molecule has 9 nitrogen and oxygen atoms in total. The van der Waals surface area contributed by atoms with Crippen molar-refractivity contribution in [2.75, 3.05) is 19.7 Å². The molecule has 5 fully saturated rings. The van der Waals surface area contributed by atoms with E-state index >= 15 is 0 Å². The van der Waals surface area contributed by atoms with Crippen LogP contribution in [0.2, 0.25) is 0 Å². The molecule has 200 valence electrons. The summed E-state index contributed by atoms with van der Waals surface area (Å²) in [6, 6.07) is 0. The third kappa shape index (κ3) is 4.79. The minimum atomic E-state index is -6.54. The number of hydrogen-bond donors (Lipinski definition) is 1. The molecule has 0 spiro atoms. The average molecular weight is 549 g/mol. The van der Waals surface area contributed by atoms with Crippen LogP contribution in [-0.4, -0.2) is 63.8 Å². The highest BCUT2D eigenvalue weighted by Crippen LogP contribution is 2.60. The summed E-state index contributed by atoms with van der Waals surface area (Å²) in [6.45, 7) is -0.843. The van der Waals surface area contributed by atoms with Crippen molar-refractivity contribution in [2.45, 2.75) is 68.3 Å². The van der Waals surface area contributed by atoms with E-state index in [0.29, 0.717) is 61.2 Å². The van der Waals surface area contributed by atoms with Gasteiger partial charge in [0.05, 0.1) is 6.61 Å². The van der Waals surface area contributed by atoms with Crippen LogP contribution >= 0.6 is 0 Å². The first-order chi connectivity index (χ1) is 16.1. The van der Waals surface area contributed by atoms with Gasteiger partial charge >= 0.3 is 42.4 Å². The first-order valence-corrected chi connectivity index (χ1v) is 14.6. The molecule has 1 amide bonds. The molecule has 4 saturated carbocycles. The van der Waals surface area contributed by atoms with Crippen LogP contribution in [0, 0.1) is 23.2 Å². The van der Waals surface area contributed by atoms with Crippen molar-refractivity contribution in [3.8, 4) is 0 Å². The number of alkyl halides is 4. The van der Waals surface area contributed by atoms with E-state index in [2.05, 4.69) is 4.74 Å². The number of rotatable bonds is 8. The predicted molar refractivity (Wildman–Crippen MR) is 113 cm³/mol. The van der Waals surface area contributed by atoms with Crippen LogP contribution in [0.25, 0.3) is 0 Å². The van der Waals surface area contributed by atoms with Crippen molar-refractivity contribution in [1.82, 2.24) is 9.03 Å². The quantitative estimate of drug-likeness (QED) is 0.364. The Morgan fingerprint density at radius 3 is 1.77 bits per heavy atom. The van der Waals surface area contributed by atoms with E-state index in [4.69, 9.17) is 0 Å². The highest BCUT2D eigenvalue weighted by atomic mass is 32.3. The molecule has 5 rings (SSSR count). The number of esters is 1. The lowest BCUT2D eigenvalue weighted by Crippen LogP contribution is -2.57. The van der Waals surface area contributed by atoms with Crippen LogP contribution in [0.15, 0.2) is 0 Å². The van der Waals surface area contributed by atoms with Gasteiger partial charge in [-0.2, -0.15) is 17.6 Å². The Kier molecular flexibility index (Phi) is 6.70. The molecule has 1 N–H and O–H groups in total. The molecule has 0 atom stereocenters. The molecule has 5 aliphatic rings. The van der Waals surface area contributed by atoms with E-state index in [1.54, 1.807) is 0 Å². The molecule has 0 aromatic rings. The van der Waals surface area contributed by atoms with Crippen molar-refractivity contribution in [3.63, 3.8) is 0 Å². The number of nitrogens with zero attached hydrogens (tertiary/aromatic N) is 1. The number of ether oxygens (including phenoxy) is 1. The molecule has 0 unspecified atom stereocenters. The van der Waals surface area contributed by atoms with Crippen LogP contribution in [-0.2, 0) is 34.4 Å². The molecule has 1 saturated heterocycles. The van der Waals surface area contributed by atoms with Crippen LogP contribution in [0.3, 0.4) is 0 Å². The smallest absolute Gasteiger partial charge is 0.455 e. The molecule has 0 aromatic carbocycles. The van der Waals surface area contributed by atoms with Gasteiger partial charge in [-0.3, -0.25) is 4.79 Å². The molecule has 0 aromatic heterocycles. The maximum Gasteiger partial charge on any atom is 0.455 e. The molecular formula is C20H28F4N2O7S2. The van der Waals surface area contributed by atoms with E-state index in [9.17, 15) is 44.0 Å². The largest absolute Gasteiger partial charge is 0.460 e. The standard InChI is InChI=1S/C20H28F4N2O7S2/c21-19(22,16(27)26-4-2-1-3-5-26)34(29,30)25-35(31,32)20(23,24)17(28)33-12-18-9-13-6-14(10-18)8-15(7-13)11-18/h13-15,25H,1-12H2. The fraction of sp³-hybridized carbons (Fsp3) is 0.900. The number of amides is 1. The minimum Gasteiger partial charge on any atom is -0.460 e. The zero-order valence-electron chi connectivity index (χ0n) is 18.9. The number of hydrogen-bond acceptors (Lipinski definition) is 7. The van der Waals surface area contributed by atoms with E-state index in [1.165, 1.54) is 0 Å². The fourth-order valence-electron chi connectivity index (χ4n) is 6.52. The summed E-state index contributed by atoms with van der Waals surface area (Å²) in [5.41, 5.74) is -0.544. The second-order valence-electron chi connectivity index (χ2n) is 10.5. The van der Waals surface area contributed by atoms with Crippen molar-refractivity contribution < 1.29 is 48.7 Å². The van der Waals surface area contributed by atoms with Gasteiger partial charge in [-0.15, -0.1) is 0 Å². The topological polar surface area (TPSA) is 127 Å². The van der Waals surface area contributed by atoms with Crippen LogP contribution in [0.5, 0.6) is 0 Å². The summed E-state index contributed by atoms with van der Waals surface area (Å²) in [7, 11) is -13.0. The van der Waals surface area contributed by atoms with Crippen molar-refractivity contribution in [3.05, 3.63) is 0 Å². The Balaban J connectivity index is 1.43. The molecule has 4 bridgehead atoms. The molecule has 15 heteroatoms. The Morgan fingerprint density at radius 1 is 0.829 bits per heavy atom. The third-order valence-corrected chi connectivity index (χ3v) is 11.1. The minimum absolute atomic E-state index is 0.191. The predicted octanol–water partition coefficient (Wildman–Crippen LogP) is 2.19. The SMILES string of the molecule is O=C(OCC12CC3CC(CC(C3)C1)C2)C(F)(F)S(=O)(=O)NS(=O)(=O)C(F)(F)C(=O)N1CCCCC1. The number of piperidine rings is 1. The van der Waals surface area contributed by atoms with Gasteiger partial charge in [0.15, 0.2) is 0 Å². The van der Waals surface area contributed by atoms with E-state index in [0.717, 1.165) is 19.3 Å². The summed E-state index contributed by atoms with van der Waals surface area (Å²) in [6.07, 6.45) is 6.28. The maximum atomic E-state index is 14.5. The number of carbonyl (C=O) groups excluding carboxylic acids is 2. The van der Waals surface area contributed by atoms with E-state index in [-0.39, 0.29) is 17.2 Å². The Labute approximate surface area is 201 Å². The van der Waals surface area contributed by atoms with Gasteiger partial charge in [0.25, 0.3) is 0 Å². The first kappa shape index (κ1) is 26.6. The van der Waals surface area contributed by atoms with Gasteiger partial charge in [0.1, 0.15) is 0 Å². The highest BCUT2D eigenvalue weighted by molar-refractivity contribution is 8.06. The monoisotopic (exact) mass is 548 g/mol. The van der Waals surface area contributed by atoms with Gasteiger partial charge < -0.3 is 9.64 Å². The number of nitrogens with one attached hydrogen (secondary N) is 1. The first-order valence-electron chi connectivity index (χ1n) is 11.6. The lowest BCUT2D eigenvalue weighted by molar-refractivity contribution is -0.171. The van der Waals surface area contributed by atoms with Crippen molar-refractivity contribution in [2.24, 2.45) is 23.2 Å². The van der Waals surface area contributed by atoms with Crippen molar-refractivity contribution in [1.29, 1.82) is 0 Å². The summed E-state index contributed by atoms with van der Waals surface area (Å²) in [5.74, 6) is -3.63. The number of halogens is 4. The molecule has 35 heavy (non-hydrogen) atoms. The van der Waals surface area contributed by atoms with Crippen molar-refractivity contribution >= 4 is 31.9 Å². The van der Waals surface area contributed by atoms with E-state index in [1.807, 2.05) is 0 Å². The Bertz CT molecular complexity index is 1050. The zero-order chi connectivity index (χ0) is 25.9. The van der Waals surface area contributed by atoms with Gasteiger partial charge in [-0.1, -0.05) is 4.13 Å². The average Bonchev–Trinajstić information content (AvgIpc) is 2.75.